The molecule has 1 rings (SSSR count). The molecule has 1 aromatic rings. The second kappa shape index (κ2) is 8.22. The minimum Gasteiger partial charge on any atom is -0.481 e. The van der Waals surface area contributed by atoms with E-state index >= 15 is 0 Å². The van der Waals surface area contributed by atoms with E-state index in [4.69, 9.17) is 5.11 Å². The van der Waals surface area contributed by atoms with Crippen molar-refractivity contribution >= 4 is 27.8 Å². The number of amides is 1. The monoisotopic (exact) mass is 358 g/mol. The maximum Gasteiger partial charge on any atom is 0.303 e. The highest BCUT2D eigenvalue weighted by molar-refractivity contribution is 9.10. The number of carbonyl (C=O) groups excluding carboxylic acids is 1. The van der Waals surface area contributed by atoms with Crippen molar-refractivity contribution in [3.63, 3.8) is 0 Å². The van der Waals surface area contributed by atoms with Crippen LogP contribution in [0.2, 0.25) is 0 Å². The van der Waals surface area contributed by atoms with E-state index in [0.29, 0.717) is 18.7 Å². The van der Waals surface area contributed by atoms with Crippen molar-refractivity contribution in [1.29, 1.82) is 0 Å². The first-order valence-electron chi connectivity index (χ1n) is 7.18. The van der Waals surface area contributed by atoms with E-state index in [-0.39, 0.29) is 24.3 Å². The second-order valence-corrected chi connectivity index (χ2v) is 6.54. The van der Waals surface area contributed by atoms with Crippen LogP contribution < -0.4 is 5.32 Å². The molecule has 0 spiro atoms. The lowest BCUT2D eigenvalue weighted by atomic mass is 10.0. The molecule has 1 atom stereocenters. The van der Waals surface area contributed by atoms with E-state index < -0.39 is 5.97 Å². The normalized spacial score (nSPS) is 12.4. The highest BCUT2D eigenvalue weighted by Crippen LogP contribution is 2.19. The molecule has 0 fully saturated rings. The van der Waals surface area contributed by atoms with E-state index in [1.165, 1.54) is 0 Å². The van der Waals surface area contributed by atoms with Gasteiger partial charge in [0.15, 0.2) is 0 Å². The van der Waals surface area contributed by atoms with Crippen LogP contribution in [-0.4, -0.2) is 28.1 Å². The molecule has 21 heavy (non-hydrogen) atoms. The summed E-state index contributed by atoms with van der Waals surface area (Å²) in [6, 6.07) is 2.02. The molecule has 5 nitrogen and oxygen atoms in total. The molecule has 1 aromatic heterocycles. The number of aliphatic carboxylic acids is 1. The number of carboxylic acid groups (broad SMARTS) is 1. The Bertz CT molecular complexity index is 497. The summed E-state index contributed by atoms with van der Waals surface area (Å²) in [7, 11) is 0. The molecule has 1 amide bonds. The lowest BCUT2D eigenvalue weighted by Gasteiger charge is -2.14. The van der Waals surface area contributed by atoms with Gasteiger partial charge in [-0.2, -0.15) is 0 Å². The summed E-state index contributed by atoms with van der Waals surface area (Å²) in [5.74, 6) is -0.588. The fourth-order valence-corrected chi connectivity index (χ4v) is 2.53. The molecule has 118 valence electrons. The van der Waals surface area contributed by atoms with Gasteiger partial charge in [0.1, 0.15) is 5.69 Å². The fraction of sp³-hybridized carbons (Fsp3) is 0.600. The van der Waals surface area contributed by atoms with Crippen molar-refractivity contribution < 1.29 is 14.7 Å². The maximum absolute atomic E-state index is 12.2. The standard InChI is InChI=1S/C15H23BrN2O3/c1-10(2)18-9-12(16)8-13(18)15(21)17-7-6-11(3)4-5-14(19)20/h8-11H,4-7H2,1-3H3,(H,17,21)(H,19,20). The number of carboxylic acids is 1. The number of aromatic nitrogens is 1. The van der Waals surface area contributed by atoms with E-state index in [1.54, 1.807) is 0 Å². The van der Waals surface area contributed by atoms with Gasteiger partial charge in [0, 0.05) is 29.7 Å². The summed E-state index contributed by atoms with van der Waals surface area (Å²) < 4.78 is 2.81. The van der Waals surface area contributed by atoms with Gasteiger partial charge in [-0.1, -0.05) is 6.92 Å². The summed E-state index contributed by atoms with van der Waals surface area (Å²) in [6.07, 6.45) is 3.50. The molecule has 0 aliphatic heterocycles. The summed E-state index contributed by atoms with van der Waals surface area (Å²) in [4.78, 5) is 22.7. The molecule has 0 radical (unpaired) electrons. The van der Waals surface area contributed by atoms with Crippen LogP contribution in [0.3, 0.4) is 0 Å². The van der Waals surface area contributed by atoms with Crippen molar-refractivity contribution in [1.82, 2.24) is 9.88 Å². The van der Waals surface area contributed by atoms with Crippen molar-refractivity contribution in [3.8, 4) is 0 Å². The average Bonchev–Trinajstić information content (AvgIpc) is 2.78. The van der Waals surface area contributed by atoms with Crippen molar-refractivity contribution in [3.05, 3.63) is 22.4 Å². The van der Waals surface area contributed by atoms with Crippen LogP contribution >= 0.6 is 15.9 Å². The molecule has 0 aliphatic carbocycles. The zero-order chi connectivity index (χ0) is 16.0. The van der Waals surface area contributed by atoms with Gasteiger partial charge in [0.05, 0.1) is 0 Å². The highest BCUT2D eigenvalue weighted by atomic mass is 79.9. The molecular weight excluding hydrogens is 336 g/mol. The molecule has 1 heterocycles. The Hall–Kier alpha value is -1.30. The number of hydrogen-bond acceptors (Lipinski definition) is 2. The minimum atomic E-state index is -0.773. The molecule has 2 N–H and O–H groups in total. The number of nitrogens with one attached hydrogen (secondary N) is 1. The molecule has 0 bridgehead atoms. The third-order valence-electron chi connectivity index (χ3n) is 3.38. The lowest BCUT2D eigenvalue weighted by molar-refractivity contribution is -0.137. The Morgan fingerprint density at radius 2 is 2.00 bits per heavy atom. The number of nitrogens with zero attached hydrogens (tertiary/aromatic N) is 1. The summed E-state index contributed by atoms with van der Waals surface area (Å²) in [5.41, 5.74) is 0.634. The molecule has 1 unspecified atom stereocenters. The Labute approximate surface area is 133 Å². The predicted octanol–water partition coefficient (Wildman–Crippen LogP) is 3.45. The highest BCUT2D eigenvalue weighted by Gasteiger charge is 2.15. The molecular formula is C15H23BrN2O3. The van der Waals surface area contributed by atoms with E-state index in [9.17, 15) is 9.59 Å². The molecule has 0 saturated heterocycles. The van der Waals surface area contributed by atoms with Gasteiger partial charge in [-0.25, -0.2) is 0 Å². The molecule has 6 heteroatoms. The molecule has 0 aromatic carbocycles. The fourth-order valence-electron chi connectivity index (χ4n) is 2.09. The number of carbonyl (C=O) groups is 2. The number of rotatable bonds is 8. The average molecular weight is 359 g/mol. The van der Waals surface area contributed by atoms with Gasteiger partial charge in [-0.3, -0.25) is 9.59 Å². The Kier molecular flexibility index (Phi) is 6.95. The largest absolute Gasteiger partial charge is 0.481 e. The van der Waals surface area contributed by atoms with Crippen molar-refractivity contribution in [2.75, 3.05) is 6.54 Å². The van der Waals surface area contributed by atoms with Gasteiger partial charge < -0.3 is 15.0 Å². The van der Waals surface area contributed by atoms with Crippen LogP contribution in [0.25, 0.3) is 0 Å². The van der Waals surface area contributed by atoms with Crippen LogP contribution in [0, 0.1) is 5.92 Å². The van der Waals surface area contributed by atoms with Crippen LogP contribution in [0.5, 0.6) is 0 Å². The first-order valence-corrected chi connectivity index (χ1v) is 7.98. The quantitative estimate of drug-likeness (QED) is 0.747. The summed E-state index contributed by atoms with van der Waals surface area (Å²) in [5, 5.41) is 11.5. The van der Waals surface area contributed by atoms with Gasteiger partial charge in [-0.15, -0.1) is 0 Å². The SMILES string of the molecule is CC(CCNC(=O)c1cc(Br)cn1C(C)C)CCC(=O)O. The topological polar surface area (TPSA) is 71.3 Å². The first-order chi connectivity index (χ1) is 9.81. The zero-order valence-corrected chi connectivity index (χ0v) is 14.3. The number of hydrogen-bond donors (Lipinski definition) is 2. The van der Waals surface area contributed by atoms with Gasteiger partial charge in [0.25, 0.3) is 5.91 Å². The minimum absolute atomic E-state index is 0.0974. The van der Waals surface area contributed by atoms with Crippen LogP contribution in [-0.2, 0) is 4.79 Å². The second-order valence-electron chi connectivity index (χ2n) is 5.63. The van der Waals surface area contributed by atoms with Crippen LogP contribution in [0.4, 0.5) is 0 Å². The maximum atomic E-state index is 12.2. The van der Waals surface area contributed by atoms with Crippen molar-refractivity contribution in [2.45, 2.75) is 46.1 Å². The van der Waals surface area contributed by atoms with E-state index in [2.05, 4.69) is 21.2 Å². The zero-order valence-electron chi connectivity index (χ0n) is 12.7. The summed E-state index contributed by atoms with van der Waals surface area (Å²) >= 11 is 3.39. The van der Waals surface area contributed by atoms with Crippen LogP contribution in [0.1, 0.15) is 56.6 Å². The van der Waals surface area contributed by atoms with Crippen molar-refractivity contribution in [2.24, 2.45) is 5.92 Å². The van der Waals surface area contributed by atoms with Gasteiger partial charge in [-0.05, 0) is 54.6 Å². The third-order valence-corrected chi connectivity index (χ3v) is 3.81. The first kappa shape index (κ1) is 17.8. The van der Waals surface area contributed by atoms with Crippen LogP contribution in [0.15, 0.2) is 16.7 Å². The molecule has 0 saturated carbocycles. The lowest BCUT2D eigenvalue weighted by Crippen LogP contribution is -2.28. The number of halogens is 1. The van der Waals surface area contributed by atoms with E-state index in [0.717, 1.165) is 10.9 Å². The van der Waals surface area contributed by atoms with E-state index in [1.807, 2.05) is 37.6 Å². The summed E-state index contributed by atoms with van der Waals surface area (Å²) in [6.45, 7) is 6.61. The predicted molar refractivity (Wildman–Crippen MR) is 85.5 cm³/mol. The smallest absolute Gasteiger partial charge is 0.303 e. The van der Waals surface area contributed by atoms with Gasteiger partial charge >= 0.3 is 5.97 Å². The van der Waals surface area contributed by atoms with Gasteiger partial charge in [0.2, 0.25) is 0 Å². The molecule has 0 aliphatic rings. The Morgan fingerprint density at radius 3 is 2.57 bits per heavy atom. The Balaban J connectivity index is 2.46. The Morgan fingerprint density at radius 1 is 1.33 bits per heavy atom. The third kappa shape index (κ3) is 5.91.